The van der Waals surface area contributed by atoms with Crippen LogP contribution in [0.1, 0.15) is 32.8 Å². The molecule has 3 heterocycles. The van der Waals surface area contributed by atoms with Gasteiger partial charge in [0.25, 0.3) is 0 Å². The molecule has 7 N–H and O–H groups in total. The maximum atomic E-state index is 10.7. The van der Waals surface area contributed by atoms with Gasteiger partial charge in [0.1, 0.15) is 48.8 Å². The van der Waals surface area contributed by atoms with Gasteiger partial charge in [0.05, 0.1) is 32.0 Å². The van der Waals surface area contributed by atoms with Crippen molar-refractivity contribution < 1.29 is 59.2 Å². The van der Waals surface area contributed by atoms with Crippen LogP contribution in [-0.2, 0) is 35.1 Å². The van der Waals surface area contributed by atoms with Crippen molar-refractivity contribution in [3.63, 3.8) is 0 Å². The van der Waals surface area contributed by atoms with Crippen LogP contribution in [0.5, 0.6) is 0 Å². The van der Waals surface area contributed by atoms with E-state index in [9.17, 15) is 30.6 Å². The predicted molar refractivity (Wildman–Crippen MR) is 133 cm³/mol. The Kier molecular flexibility index (Phi) is 12.4. The highest BCUT2D eigenvalue weighted by Gasteiger charge is 2.51. The Bertz CT molecular complexity index is 827. The molecule has 0 bridgehead atoms. The van der Waals surface area contributed by atoms with Crippen LogP contribution in [0.25, 0.3) is 0 Å². The predicted octanol–water partition coefficient (Wildman–Crippen LogP) is -2.04. The molecule has 2 aliphatic rings. The van der Waals surface area contributed by atoms with Crippen LogP contribution in [0.2, 0.25) is 0 Å². The summed E-state index contributed by atoms with van der Waals surface area (Å²) in [6.07, 6.45) is -9.78. The lowest BCUT2D eigenvalue weighted by atomic mass is 9.96. The molecule has 5 unspecified atom stereocenters. The van der Waals surface area contributed by atoms with E-state index in [1.807, 2.05) is 12.1 Å². The van der Waals surface area contributed by atoms with E-state index < -0.39 is 80.2 Å². The van der Waals surface area contributed by atoms with Gasteiger partial charge in [-0.2, -0.15) is 0 Å². The van der Waals surface area contributed by atoms with Gasteiger partial charge in [0.2, 0.25) is 0 Å². The number of aliphatic hydroxyl groups excluding tert-OH is 6. The van der Waals surface area contributed by atoms with Gasteiger partial charge in [-0.3, -0.25) is 9.82 Å². The van der Waals surface area contributed by atoms with Crippen molar-refractivity contribution in [1.29, 1.82) is 0 Å². The number of nitrogens with zero attached hydrogens (tertiary/aromatic N) is 1. The molecular formula is C25H42N2O12. The molecule has 1 aromatic heterocycles. The Morgan fingerprint density at radius 1 is 0.923 bits per heavy atom. The normalized spacial score (nSPS) is 35.7. The maximum absolute atomic E-state index is 10.7. The van der Waals surface area contributed by atoms with Gasteiger partial charge in [-0.1, -0.05) is 6.07 Å². The first-order valence-electron chi connectivity index (χ1n) is 13.0. The Morgan fingerprint density at radius 3 is 2.21 bits per heavy atom. The molecule has 2 aliphatic heterocycles. The lowest BCUT2D eigenvalue weighted by molar-refractivity contribution is -0.364. The van der Waals surface area contributed by atoms with Crippen molar-refractivity contribution >= 4 is 0 Å². The molecule has 3 rings (SSSR count). The third kappa shape index (κ3) is 9.06. The second-order valence-electron chi connectivity index (χ2n) is 10.5. The van der Waals surface area contributed by atoms with Crippen LogP contribution >= 0.6 is 0 Å². The van der Waals surface area contributed by atoms with Crippen LogP contribution in [0.4, 0.5) is 0 Å². The molecule has 0 aromatic carbocycles. The summed E-state index contributed by atoms with van der Waals surface area (Å²) in [6, 6.07) is 3.69. The summed E-state index contributed by atoms with van der Waals surface area (Å²) < 4.78 is 28.2. The lowest BCUT2D eigenvalue weighted by Crippen LogP contribution is -2.65. The van der Waals surface area contributed by atoms with E-state index in [0.29, 0.717) is 19.6 Å². The van der Waals surface area contributed by atoms with Gasteiger partial charge >= 0.3 is 0 Å². The molecule has 0 saturated carbocycles. The van der Waals surface area contributed by atoms with E-state index in [4.69, 9.17) is 28.5 Å². The number of hydrogen-bond acceptors (Lipinski definition) is 14. The summed E-state index contributed by atoms with van der Waals surface area (Å²) in [5, 5.41) is 62.2. The van der Waals surface area contributed by atoms with Crippen molar-refractivity contribution in [3.05, 3.63) is 30.1 Å². The Morgan fingerprint density at radius 2 is 1.56 bits per heavy atom. The topological polar surface area (TPSA) is 202 Å². The first-order valence-corrected chi connectivity index (χ1v) is 13.0. The molecule has 0 aliphatic carbocycles. The van der Waals surface area contributed by atoms with Crippen molar-refractivity contribution in [2.45, 2.75) is 101 Å². The molecule has 2 saturated heterocycles. The van der Waals surface area contributed by atoms with Gasteiger partial charge in [-0.25, -0.2) is 5.48 Å². The fourth-order valence-corrected chi connectivity index (χ4v) is 4.27. The SMILES string of the molecule is CC(C)(C)OC1C(CO)O[C@@H](O[C@@H]2C(CO)O[C@@H](OCCCNOCc3cccnc3)C(O)[C@@H]2O)C(O)[C@@H]1O. The minimum atomic E-state index is -1.62. The molecule has 0 radical (unpaired) electrons. The maximum Gasteiger partial charge on any atom is 0.187 e. The van der Waals surface area contributed by atoms with Crippen LogP contribution in [0.3, 0.4) is 0 Å². The van der Waals surface area contributed by atoms with E-state index in [1.165, 1.54) is 0 Å². The number of ether oxygens (including phenoxy) is 5. The number of pyridine rings is 1. The summed E-state index contributed by atoms with van der Waals surface area (Å²) in [5.41, 5.74) is 3.00. The molecule has 14 nitrogen and oxygen atoms in total. The number of hydrogen-bond donors (Lipinski definition) is 7. The zero-order chi connectivity index (χ0) is 28.6. The van der Waals surface area contributed by atoms with E-state index >= 15 is 0 Å². The van der Waals surface area contributed by atoms with Gasteiger partial charge < -0.3 is 54.3 Å². The second-order valence-corrected chi connectivity index (χ2v) is 10.5. The van der Waals surface area contributed by atoms with Crippen molar-refractivity contribution in [1.82, 2.24) is 10.5 Å². The second kappa shape index (κ2) is 15.0. The average molecular weight is 563 g/mol. The van der Waals surface area contributed by atoms with Crippen LogP contribution in [0, 0.1) is 0 Å². The largest absolute Gasteiger partial charge is 0.394 e. The summed E-state index contributed by atoms with van der Waals surface area (Å²) >= 11 is 0. The monoisotopic (exact) mass is 562 g/mol. The van der Waals surface area contributed by atoms with Crippen LogP contribution in [0.15, 0.2) is 24.5 Å². The first kappa shape index (κ1) is 32.1. The summed E-state index contributed by atoms with van der Waals surface area (Å²) in [7, 11) is 0. The van der Waals surface area contributed by atoms with E-state index in [2.05, 4.69) is 10.5 Å². The average Bonchev–Trinajstić information content (AvgIpc) is 2.91. The molecule has 10 atom stereocenters. The van der Waals surface area contributed by atoms with E-state index in [1.54, 1.807) is 33.2 Å². The van der Waals surface area contributed by atoms with Crippen molar-refractivity contribution in [3.8, 4) is 0 Å². The standard InChI is InChI=1S/C25H42N2O12/c1-25(2,3)39-22-16(12-29)37-24(20(33)18(22)31)38-21-15(11-28)36-23(19(32)17(21)30)34-9-5-8-27-35-13-14-6-4-7-26-10-14/h4,6-7,10,15-24,27-33H,5,8-9,11-13H2,1-3H3/t15?,16?,17-,18-,19?,20?,21+,22?,23+,24-/m0/s1. The van der Waals surface area contributed by atoms with Crippen LogP contribution in [-0.4, -0.2) is 129 Å². The molecule has 0 amide bonds. The highest BCUT2D eigenvalue weighted by molar-refractivity contribution is 5.06. The third-order valence-electron chi connectivity index (χ3n) is 6.19. The molecular weight excluding hydrogens is 520 g/mol. The van der Waals surface area contributed by atoms with Crippen molar-refractivity contribution in [2.75, 3.05) is 26.4 Å². The number of aliphatic hydroxyl groups is 6. The van der Waals surface area contributed by atoms with E-state index in [0.717, 1.165) is 5.56 Å². The fourth-order valence-electron chi connectivity index (χ4n) is 4.27. The molecule has 39 heavy (non-hydrogen) atoms. The van der Waals surface area contributed by atoms with Gasteiger partial charge in [0.15, 0.2) is 12.6 Å². The van der Waals surface area contributed by atoms with Gasteiger partial charge in [-0.05, 0) is 38.8 Å². The quantitative estimate of drug-likeness (QED) is 0.102. The number of nitrogens with one attached hydrogen (secondary N) is 1. The van der Waals surface area contributed by atoms with Gasteiger partial charge in [-0.15, -0.1) is 0 Å². The molecule has 224 valence electrons. The highest BCUT2D eigenvalue weighted by Crippen LogP contribution is 2.31. The Balaban J connectivity index is 1.48. The Labute approximate surface area is 227 Å². The number of hydroxylamine groups is 1. The smallest absolute Gasteiger partial charge is 0.187 e. The summed E-state index contributed by atoms with van der Waals surface area (Å²) in [4.78, 5) is 9.34. The van der Waals surface area contributed by atoms with Crippen LogP contribution < -0.4 is 5.48 Å². The fraction of sp³-hybridized carbons (Fsp3) is 0.800. The summed E-state index contributed by atoms with van der Waals surface area (Å²) in [6.45, 7) is 5.01. The first-order chi connectivity index (χ1) is 18.6. The number of rotatable bonds is 13. The van der Waals surface area contributed by atoms with E-state index in [-0.39, 0.29) is 6.61 Å². The molecule has 0 spiro atoms. The van der Waals surface area contributed by atoms with Crippen molar-refractivity contribution in [2.24, 2.45) is 0 Å². The summed E-state index contributed by atoms with van der Waals surface area (Å²) in [5.74, 6) is 0. The molecule has 14 heteroatoms. The molecule has 1 aromatic rings. The zero-order valence-corrected chi connectivity index (χ0v) is 22.4. The Hall–Kier alpha value is -1.37. The highest BCUT2D eigenvalue weighted by atomic mass is 16.7. The minimum absolute atomic E-state index is 0.144. The lowest BCUT2D eigenvalue weighted by Gasteiger charge is -2.47. The third-order valence-corrected chi connectivity index (χ3v) is 6.19. The molecule has 2 fully saturated rings. The zero-order valence-electron chi connectivity index (χ0n) is 22.4. The number of aromatic nitrogens is 1. The van der Waals surface area contributed by atoms with Gasteiger partial charge in [0, 0.05) is 18.9 Å². The minimum Gasteiger partial charge on any atom is -0.394 e.